The molecule has 0 saturated carbocycles. The van der Waals surface area contributed by atoms with Crippen molar-refractivity contribution < 1.29 is 103 Å². The zero-order valence-electron chi connectivity index (χ0n) is 48.9. The largest absolute Gasteiger partial charge is 4.00 e. The van der Waals surface area contributed by atoms with Gasteiger partial charge in [0, 0.05) is 51.0 Å². The fourth-order valence-electron chi connectivity index (χ4n) is 7.86. The Labute approximate surface area is 550 Å². The summed E-state index contributed by atoms with van der Waals surface area (Å²) in [5.74, 6) is 3.20. The van der Waals surface area contributed by atoms with Crippen LogP contribution in [-0.2, 0) is 86.5 Å². The first kappa shape index (κ1) is 79.6. The number of rotatable bonds is 22. The number of anilines is 4. The van der Waals surface area contributed by atoms with Crippen molar-refractivity contribution in [2.24, 2.45) is 0 Å². The molecule has 6 heterocycles. The third kappa shape index (κ3) is 33.8. The molecule has 10 rings (SSSR count). The first-order valence-electron chi connectivity index (χ1n) is 27.4. The molecule has 16 nitrogen and oxygen atoms in total. The molecule has 0 fully saturated rings. The summed E-state index contributed by atoms with van der Waals surface area (Å²) in [5.41, 5.74) is 7.96. The van der Waals surface area contributed by atoms with Crippen LogP contribution < -0.4 is 31.3 Å². The third-order valence-corrected chi connectivity index (χ3v) is 11.2. The first-order chi connectivity index (χ1) is 43.8. The summed E-state index contributed by atoms with van der Waals surface area (Å²) in [4.78, 5) is 17.6. The Balaban J connectivity index is 0.000000374. The van der Waals surface area contributed by atoms with Gasteiger partial charge >= 0.3 is 63.2 Å². The van der Waals surface area contributed by atoms with E-state index in [1.54, 1.807) is 24.8 Å². The molecule has 0 aliphatic carbocycles. The fourth-order valence-corrected chi connectivity index (χ4v) is 7.86. The Hall–Kier alpha value is -8.62. The second kappa shape index (κ2) is 41.2. The van der Waals surface area contributed by atoms with Crippen LogP contribution in [-0.4, -0.2) is 78.7 Å². The normalized spacial score (nSPS) is 10.9. The molecule has 0 bridgehead atoms. The number of nitrogens with one attached hydrogen (secondary N) is 4. The predicted octanol–water partition coefficient (Wildman–Crippen LogP) is 13.7. The summed E-state index contributed by atoms with van der Waals surface area (Å²) < 4.78 is 160. The van der Waals surface area contributed by atoms with E-state index in [1.807, 2.05) is 146 Å². The average molecular weight is 1410 g/mol. The molecule has 0 aliphatic heterocycles. The average Bonchev–Trinajstić information content (AvgIpc) is 1.48. The van der Waals surface area contributed by atoms with Gasteiger partial charge in [0.05, 0.1) is 71.7 Å². The van der Waals surface area contributed by atoms with E-state index in [1.165, 1.54) is 0 Å². The summed E-state index contributed by atoms with van der Waals surface area (Å²) in [6.07, 6.45) is 7.21. The number of para-hydroxylation sites is 4. The molecular formula is C56H56B4F16Fe2N16+4. The Bertz CT molecular complexity index is 3090. The van der Waals surface area contributed by atoms with Crippen LogP contribution in [0.5, 0.6) is 0 Å². The van der Waals surface area contributed by atoms with E-state index in [9.17, 15) is 69.1 Å². The van der Waals surface area contributed by atoms with E-state index >= 15 is 0 Å². The van der Waals surface area contributed by atoms with E-state index in [-0.39, 0.29) is 34.1 Å². The molecule has 0 amide bonds. The van der Waals surface area contributed by atoms with E-state index in [0.29, 0.717) is 52.4 Å². The van der Waals surface area contributed by atoms with Crippen LogP contribution in [0.3, 0.4) is 0 Å². The molecule has 0 unspecified atom stereocenters. The van der Waals surface area contributed by atoms with Gasteiger partial charge in [0.15, 0.2) is 23.3 Å². The van der Waals surface area contributed by atoms with E-state index in [0.717, 1.165) is 68.8 Å². The minimum atomic E-state index is -6.00. The van der Waals surface area contributed by atoms with Crippen LogP contribution >= 0.6 is 0 Å². The summed E-state index contributed by atoms with van der Waals surface area (Å²) in [5, 5.41) is 36.5. The Morgan fingerprint density at radius 1 is 0.255 bits per heavy atom. The fraction of sp³-hybridized carbons (Fsp3) is 0.143. The van der Waals surface area contributed by atoms with Crippen LogP contribution in [0.1, 0.15) is 46.1 Å². The molecule has 0 aliphatic rings. The number of nitrogens with zero attached hydrogens (tertiary/aromatic N) is 12. The van der Waals surface area contributed by atoms with Gasteiger partial charge in [-0.05, 0) is 97.1 Å². The molecular weight excluding hydrogens is 1360 g/mol. The monoisotopic (exact) mass is 1410 g/mol. The van der Waals surface area contributed by atoms with Crippen LogP contribution in [0.2, 0.25) is 0 Å². The van der Waals surface area contributed by atoms with Gasteiger partial charge in [-0.1, -0.05) is 97.1 Å². The number of pyridine rings is 4. The van der Waals surface area contributed by atoms with Crippen LogP contribution in [0.15, 0.2) is 219 Å². The van der Waals surface area contributed by atoms with E-state index in [2.05, 4.69) is 129 Å². The minimum Gasteiger partial charge on any atom is -0.418 e. The maximum Gasteiger partial charge on any atom is 4.00 e. The number of hydrogen-bond donors (Lipinski definition) is 4. The van der Waals surface area contributed by atoms with Gasteiger partial charge < -0.3 is 90.3 Å². The molecule has 496 valence electrons. The Kier molecular flexibility index (Phi) is 34.9. The predicted molar refractivity (Wildman–Crippen MR) is 321 cm³/mol. The maximum absolute atomic E-state index is 9.75. The van der Waals surface area contributed by atoms with Crippen molar-refractivity contribution in [3.8, 4) is 0 Å². The zero-order chi connectivity index (χ0) is 66.8. The molecule has 4 N–H and O–H groups in total. The number of halogens is 16. The van der Waals surface area contributed by atoms with E-state index in [4.69, 9.17) is 0 Å². The van der Waals surface area contributed by atoms with Gasteiger partial charge in [-0.25, -0.2) is 19.4 Å². The molecule has 4 aromatic carbocycles. The van der Waals surface area contributed by atoms with Crippen molar-refractivity contribution >= 4 is 51.8 Å². The quantitative estimate of drug-likeness (QED) is 0.0374. The minimum absolute atomic E-state index is 0. The number of hydrogen-bond acceptors (Lipinski definition) is 14. The Morgan fingerprint density at radius 3 is 0.585 bits per heavy atom. The van der Waals surface area contributed by atoms with Gasteiger partial charge in [-0.2, -0.15) is 0 Å². The SMILES string of the molecule is F[B-](F)(F)F.F[B-](F)(F)F.F[B-](F)(F)F.F[B-](F)(F)F.[Fe+4].[Fe+4].c1ccc(N(c2ccccc2)n2c(CNCc3ccccn3)nnc2CNCc2ccccn2)cc1.c1ccc(N(c2ccccc2)n2c(CNCc3ccccn3)nnc2CNCc2ccccn2)cc1. The van der Waals surface area contributed by atoms with Crippen molar-refractivity contribution in [3.05, 3.63) is 265 Å². The van der Waals surface area contributed by atoms with Crippen molar-refractivity contribution in [1.82, 2.24) is 71.0 Å². The molecule has 0 atom stereocenters. The Morgan fingerprint density at radius 2 is 0.426 bits per heavy atom. The maximum atomic E-state index is 9.75. The van der Waals surface area contributed by atoms with Crippen LogP contribution in [0, 0.1) is 0 Å². The molecule has 94 heavy (non-hydrogen) atoms. The van der Waals surface area contributed by atoms with Crippen LogP contribution in [0.25, 0.3) is 0 Å². The van der Waals surface area contributed by atoms with Crippen molar-refractivity contribution in [1.29, 1.82) is 0 Å². The van der Waals surface area contributed by atoms with Gasteiger partial charge in [-0.15, -0.1) is 20.4 Å². The van der Waals surface area contributed by atoms with E-state index < -0.39 is 29.0 Å². The summed E-state index contributed by atoms with van der Waals surface area (Å²) >= 11 is 0. The van der Waals surface area contributed by atoms with Gasteiger partial charge in [0.25, 0.3) is 0 Å². The summed E-state index contributed by atoms with van der Waals surface area (Å²) in [6, 6.07) is 64.7. The topological polar surface area (TPSA) is 168 Å². The van der Waals surface area contributed by atoms with Crippen molar-refractivity contribution in [2.45, 2.75) is 52.4 Å². The zero-order valence-corrected chi connectivity index (χ0v) is 51.1. The molecule has 0 radical (unpaired) electrons. The summed E-state index contributed by atoms with van der Waals surface area (Å²) in [7, 11) is -24.0. The second-order valence-electron chi connectivity index (χ2n) is 18.3. The van der Waals surface area contributed by atoms with Gasteiger partial charge in [0.1, 0.15) is 0 Å². The first-order valence-corrected chi connectivity index (χ1v) is 27.4. The molecule has 0 spiro atoms. The number of benzene rings is 4. The van der Waals surface area contributed by atoms with Crippen molar-refractivity contribution in [2.75, 3.05) is 10.0 Å². The summed E-state index contributed by atoms with van der Waals surface area (Å²) in [6.45, 7) is 4.66. The molecule has 10 aromatic rings. The smallest absolute Gasteiger partial charge is 0.418 e. The van der Waals surface area contributed by atoms with Gasteiger partial charge in [-0.3, -0.25) is 19.9 Å². The molecule has 0 saturated heterocycles. The molecule has 6 aromatic heterocycles. The van der Waals surface area contributed by atoms with Crippen LogP contribution in [0.4, 0.5) is 91.8 Å². The number of aromatic nitrogens is 10. The third-order valence-electron chi connectivity index (χ3n) is 11.2. The second-order valence-corrected chi connectivity index (χ2v) is 18.3. The van der Waals surface area contributed by atoms with Crippen molar-refractivity contribution in [3.63, 3.8) is 0 Å². The standard InChI is InChI=1S/2C28H28N8.4BF4.2Fe/c2*1-3-13-25(14-4-1)35(26-15-5-2-6-16-26)36-27(21-29-19-23-11-7-9-17-31-23)33-34-28(36)22-30-20-24-12-8-10-18-32-24;4*2-1(3,4)5;;/h2*1-18,29-30H,19-22H2;;;;;;/q;;4*-1;2*+4. The van der Waals surface area contributed by atoms with Gasteiger partial charge in [0.2, 0.25) is 0 Å². The molecule has 38 heteroatoms.